The van der Waals surface area contributed by atoms with Crippen LogP contribution in [0.5, 0.6) is 0 Å². The van der Waals surface area contributed by atoms with E-state index < -0.39 is 11.8 Å². The first-order valence-corrected chi connectivity index (χ1v) is 7.81. The van der Waals surface area contributed by atoms with Gasteiger partial charge in [0.15, 0.2) is 5.15 Å². The number of nitrogens with zero attached hydrogens (tertiary/aromatic N) is 2. The molecule has 0 atom stereocenters. The van der Waals surface area contributed by atoms with Crippen LogP contribution in [-0.4, -0.2) is 21.2 Å². The normalized spacial score (nSPS) is 11.2. The zero-order valence-electron chi connectivity index (χ0n) is 13.5. The topological polar surface area (TPSA) is 88.6 Å². The SMILES string of the molecule is Cc1cc(C(=O)NNC(=O)/C=C/c2c(Cl)nc3ccccn23)c(C)o1. The summed E-state index contributed by atoms with van der Waals surface area (Å²) in [5.74, 6) is 0.144. The first-order valence-electron chi connectivity index (χ1n) is 7.43. The summed E-state index contributed by atoms with van der Waals surface area (Å²) in [5, 5.41) is 0.281. The summed E-state index contributed by atoms with van der Waals surface area (Å²) in [4.78, 5) is 28.1. The molecule has 0 radical (unpaired) electrons. The number of aryl methyl sites for hydroxylation is 2. The summed E-state index contributed by atoms with van der Waals surface area (Å²) in [6.45, 7) is 3.42. The molecule has 0 aliphatic carbocycles. The van der Waals surface area contributed by atoms with E-state index in [1.807, 2.05) is 12.1 Å². The maximum absolute atomic E-state index is 12.0. The zero-order chi connectivity index (χ0) is 18.0. The van der Waals surface area contributed by atoms with E-state index >= 15 is 0 Å². The van der Waals surface area contributed by atoms with E-state index in [0.29, 0.717) is 28.4 Å². The van der Waals surface area contributed by atoms with Crippen molar-refractivity contribution in [1.82, 2.24) is 20.2 Å². The minimum absolute atomic E-state index is 0.281. The third-order valence-electron chi connectivity index (χ3n) is 3.50. The number of fused-ring (bicyclic) bond motifs is 1. The van der Waals surface area contributed by atoms with Crippen LogP contribution in [0.3, 0.4) is 0 Å². The third-order valence-corrected chi connectivity index (χ3v) is 3.78. The number of amides is 2. The van der Waals surface area contributed by atoms with Gasteiger partial charge in [-0.3, -0.25) is 24.8 Å². The Labute approximate surface area is 148 Å². The van der Waals surface area contributed by atoms with Gasteiger partial charge in [0.2, 0.25) is 0 Å². The van der Waals surface area contributed by atoms with Crippen molar-refractivity contribution in [1.29, 1.82) is 0 Å². The molecule has 3 heterocycles. The van der Waals surface area contributed by atoms with Crippen LogP contribution in [0.1, 0.15) is 27.6 Å². The van der Waals surface area contributed by atoms with Gasteiger partial charge in [0.1, 0.15) is 17.2 Å². The average Bonchev–Trinajstić information content (AvgIpc) is 3.08. The van der Waals surface area contributed by atoms with Gasteiger partial charge in [0.25, 0.3) is 11.8 Å². The molecule has 0 saturated carbocycles. The summed E-state index contributed by atoms with van der Waals surface area (Å²) in [6.07, 6.45) is 4.57. The highest BCUT2D eigenvalue weighted by Gasteiger charge is 2.13. The molecule has 128 valence electrons. The highest BCUT2D eigenvalue weighted by molar-refractivity contribution is 6.31. The molecular weight excluding hydrogens is 344 g/mol. The average molecular weight is 359 g/mol. The van der Waals surface area contributed by atoms with Crippen molar-refractivity contribution in [2.45, 2.75) is 13.8 Å². The number of carbonyl (C=O) groups excluding carboxylic acids is 2. The van der Waals surface area contributed by atoms with Gasteiger partial charge in [-0.1, -0.05) is 17.7 Å². The second-order valence-corrected chi connectivity index (χ2v) is 5.68. The molecular formula is C17H15ClN4O3. The molecule has 3 aromatic heterocycles. The van der Waals surface area contributed by atoms with E-state index in [1.165, 1.54) is 12.2 Å². The van der Waals surface area contributed by atoms with Crippen molar-refractivity contribution in [2.75, 3.05) is 0 Å². The lowest BCUT2D eigenvalue weighted by molar-refractivity contribution is -0.117. The standard InChI is InChI=1S/C17H15ClN4O3/c1-10-9-12(11(2)25-10)17(24)21-20-15(23)7-6-13-16(18)19-14-5-3-4-8-22(13)14/h3-9H,1-2H3,(H,20,23)(H,21,24)/b7-6+. The molecule has 2 amide bonds. The predicted octanol–water partition coefficient (Wildman–Crippen LogP) is 2.67. The summed E-state index contributed by atoms with van der Waals surface area (Å²) in [6, 6.07) is 7.08. The fourth-order valence-electron chi connectivity index (χ4n) is 2.37. The van der Waals surface area contributed by atoms with E-state index in [2.05, 4.69) is 15.8 Å². The quantitative estimate of drug-likeness (QED) is 0.556. The fourth-order valence-corrected chi connectivity index (χ4v) is 2.61. The molecule has 8 heteroatoms. The number of hydrogen-bond donors (Lipinski definition) is 2. The van der Waals surface area contributed by atoms with E-state index in [0.717, 1.165) is 0 Å². The Kier molecular flexibility index (Phi) is 4.58. The summed E-state index contributed by atoms with van der Waals surface area (Å²) in [5.41, 5.74) is 6.25. The number of rotatable bonds is 3. The van der Waals surface area contributed by atoms with Crippen LogP contribution in [0, 0.1) is 13.8 Å². The Bertz CT molecular complexity index is 987. The number of hydrogen-bond acceptors (Lipinski definition) is 4. The third kappa shape index (κ3) is 3.56. The lowest BCUT2D eigenvalue weighted by Crippen LogP contribution is -2.40. The van der Waals surface area contributed by atoms with Gasteiger partial charge < -0.3 is 4.42 Å². The van der Waals surface area contributed by atoms with Crippen molar-refractivity contribution < 1.29 is 14.0 Å². The fraction of sp³-hybridized carbons (Fsp3) is 0.118. The van der Waals surface area contributed by atoms with E-state index in [9.17, 15) is 9.59 Å². The molecule has 3 rings (SSSR count). The smallest absolute Gasteiger partial charge is 0.273 e. The maximum Gasteiger partial charge on any atom is 0.273 e. The van der Waals surface area contributed by atoms with Gasteiger partial charge in [-0.05, 0) is 38.1 Å². The van der Waals surface area contributed by atoms with Crippen molar-refractivity contribution in [3.8, 4) is 0 Å². The Hall–Kier alpha value is -3.06. The molecule has 3 aromatic rings. The number of carbonyl (C=O) groups is 2. The molecule has 0 aliphatic rings. The number of pyridine rings is 1. The lowest BCUT2D eigenvalue weighted by Gasteiger charge is -2.04. The molecule has 0 saturated heterocycles. The number of imidazole rings is 1. The first-order chi connectivity index (χ1) is 12.0. The van der Waals surface area contributed by atoms with Gasteiger partial charge in [-0.25, -0.2) is 4.98 Å². The molecule has 7 nitrogen and oxygen atoms in total. The van der Waals surface area contributed by atoms with Gasteiger partial charge in [-0.2, -0.15) is 0 Å². The van der Waals surface area contributed by atoms with Gasteiger partial charge in [0.05, 0.1) is 11.3 Å². The van der Waals surface area contributed by atoms with Gasteiger partial charge >= 0.3 is 0 Å². The Morgan fingerprint density at radius 3 is 2.80 bits per heavy atom. The van der Waals surface area contributed by atoms with Crippen molar-refractivity contribution >= 4 is 35.1 Å². The van der Waals surface area contributed by atoms with Gasteiger partial charge in [0, 0.05) is 12.3 Å². The molecule has 25 heavy (non-hydrogen) atoms. The zero-order valence-corrected chi connectivity index (χ0v) is 14.3. The van der Waals surface area contributed by atoms with Crippen LogP contribution in [0.2, 0.25) is 5.15 Å². The second-order valence-electron chi connectivity index (χ2n) is 5.32. The number of halogens is 1. The molecule has 0 bridgehead atoms. The second kappa shape index (κ2) is 6.82. The van der Waals surface area contributed by atoms with Crippen LogP contribution < -0.4 is 10.9 Å². The molecule has 2 N–H and O–H groups in total. The highest BCUT2D eigenvalue weighted by Crippen LogP contribution is 2.18. The summed E-state index contributed by atoms with van der Waals surface area (Å²) in [7, 11) is 0. The van der Waals surface area contributed by atoms with Crippen molar-refractivity contribution in [2.24, 2.45) is 0 Å². The van der Waals surface area contributed by atoms with Crippen LogP contribution in [0.4, 0.5) is 0 Å². The first kappa shape index (κ1) is 16.8. The summed E-state index contributed by atoms with van der Waals surface area (Å²) < 4.78 is 7.03. The van der Waals surface area contributed by atoms with E-state index in [-0.39, 0.29) is 5.15 Å². The molecule has 0 aliphatic heterocycles. The van der Waals surface area contributed by atoms with Crippen LogP contribution in [0.15, 0.2) is 41.0 Å². The minimum atomic E-state index is -0.506. The number of aromatic nitrogens is 2. The van der Waals surface area contributed by atoms with Gasteiger partial charge in [-0.15, -0.1) is 0 Å². The minimum Gasteiger partial charge on any atom is -0.466 e. The molecule has 0 fully saturated rings. The van der Waals surface area contributed by atoms with Crippen LogP contribution in [-0.2, 0) is 4.79 Å². The maximum atomic E-state index is 12.0. The van der Waals surface area contributed by atoms with E-state index in [1.54, 1.807) is 36.6 Å². The van der Waals surface area contributed by atoms with Crippen molar-refractivity contribution in [3.63, 3.8) is 0 Å². The lowest BCUT2D eigenvalue weighted by atomic mass is 10.2. The molecule has 0 aromatic carbocycles. The Morgan fingerprint density at radius 2 is 2.08 bits per heavy atom. The Morgan fingerprint density at radius 1 is 1.28 bits per heavy atom. The highest BCUT2D eigenvalue weighted by atomic mass is 35.5. The predicted molar refractivity (Wildman–Crippen MR) is 93.0 cm³/mol. The largest absolute Gasteiger partial charge is 0.466 e. The Balaban J connectivity index is 1.66. The number of furan rings is 1. The summed E-state index contributed by atoms with van der Waals surface area (Å²) >= 11 is 6.08. The van der Waals surface area contributed by atoms with Crippen LogP contribution in [0.25, 0.3) is 11.7 Å². The van der Waals surface area contributed by atoms with Crippen molar-refractivity contribution in [3.05, 3.63) is 64.5 Å². The molecule has 0 spiro atoms. The van der Waals surface area contributed by atoms with Crippen LogP contribution >= 0.6 is 11.6 Å². The number of hydrazine groups is 1. The molecule has 0 unspecified atom stereocenters. The number of nitrogens with one attached hydrogen (secondary N) is 2. The van der Waals surface area contributed by atoms with E-state index in [4.69, 9.17) is 16.0 Å². The monoisotopic (exact) mass is 358 g/mol.